The van der Waals surface area contributed by atoms with E-state index >= 15 is 0 Å². The van der Waals surface area contributed by atoms with Crippen LogP contribution in [0.2, 0.25) is 0 Å². The van der Waals surface area contributed by atoms with Crippen molar-refractivity contribution >= 4 is 0 Å². The zero-order chi connectivity index (χ0) is 9.03. The van der Waals surface area contributed by atoms with E-state index < -0.39 is 0 Å². The third-order valence-corrected chi connectivity index (χ3v) is 3.19. The quantitative estimate of drug-likeness (QED) is 0.678. The monoisotopic (exact) mass is 171 g/mol. The van der Waals surface area contributed by atoms with E-state index in [0.717, 1.165) is 25.7 Å². The van der Waals surface area contributed by atoms with Gasteiger partial charge in [0.1, 0.15) is 0 Å². The van der Waals surface area contributed by atoms with E-state index in [-0.39, 0.29) is 12.1 Å². The van der Waals surface area contributed by atoms with Crippen molar-refractivity contribution in [3.05, 3.63) is 0 Å². The topological polar surface area (TPSA) is 46.2 Å². The first-order chi connectivity index (χ1) is 5.73. The molecule has 72 valence electrons. The Morgan fingerprint density at radius 2 is 2.25 bits per heavy atom. The van der Waals surface area contributed by atoms with Crippen molar-refractivity contribution in [2.45, 2.75) is 51.0 Å². The maximum Gasteiger partial charge on any atom is 0.0476 e. The van der Waals surface area contributed by atoms with Gasteiger partial charge in [0, 0.05) is 12.1 Å². The lowest BCUT2D eigenvalue weighted by molar-refractivity contribution is 0.102. The third kappa shape index (κ3) is 1.99. The van der Waals surface area contributed by atoms with Crippen molar-refractivity contribution in [3.63, 3.8) is 0 Å². The molecule has 1 aliphatic rings. The summed E-state index contributed by atoms with van der Waals surface area (Å²) in [5.41, 5.74) is 6.21. The summed E-state index contributed by atoms with van der Waals surface area (Å²) in [6, 6.07) is 0. The third-order valence-electron chi connectivity index (χ3n) is 3.19. The molecule has 0 aromatic heterocycles. The zero-order valence-corrected chi connectivity index (χ0v) is 8.05. The van der Waals surface area contributed by atoms with Crippen LogP contribution in [0, 0.1) is 5.92 Å². The maximum absolute atomic E-state index is 9.17. The van der Waals surface area contributed by atoms with Crippen molar-refractivity contribution in [1.29, 1.82) is 0 Å². The highest BCUT2D eigenvalue weighted by atomic mass is 16.3. The van der Waals surface area contributed by atoms with Gasteiger partial charge in [0.05, 0.1) is 0 Å². The molecule has 0 aromatic carbocycles. The van der Waals surface area contributed by atoms with E-state index in [0.29, 0.717) is 5.92 Å². The summed E-state index contributed by atoms with van der Waals surface area (Å²) >= 11 is 0. The van der Waals surface area contributed by atoms with Gasteiger partial charge in [0.2, 0.25) is 0 Å². The molecular weight excluding hydrogens is 150 g/mol. The summed E-state index contributed by atoms with van der Waals surface area (Å²) in [5.74, 6) is 0.353. The van der Waals surface area contributed by atoms with Gasteiger partial charge in [-0.3, -0.25) is 0 Å². The van der Waals surface area contributed by atoms with E-state index in [1.165, 1.54) is 12.8 Å². The fourth-order valence-electron chi connectivity index (χ4n) is 2.40. The molecule has 0 bridgehead atoms. The molecule has 0 radical (unpaired) electrons. The largest absolute Gasteiger partial charge is 0.396 e. The van der Waals surface area contributed by atoms with Crippen molar-refractivity contribution < 1.29 is 5.11 Å². The molecule has 1 rings (SSSR count). The molecule has 1 saturated carbocycles. The molecule has 0 saturated heterocycles. The molecule has 1 aliphatic carbocycles. The van der Waals surface area contributed by atoms with Gasteiger partial charge < -0.3 is 10.8 Å². The molecule has 0 heterocycles. The van der Waals surface area contributed by atoms with Crippen LogP contribution in [0.15, 0.2) is 0 Å². The van der Waals surface area contributed by atoms with Gasteiger partial charge in [0.25, 0.3) is 0 Å². The molecule has 1 fully saturated rings. The highest BCUT2D eigenvalue weighted by Crippen LogP contribution is 2.34. The summed E-state index contributed by atoms with van der Waals surface area (Å²) < 4.78 is 0. The Balaban J connectivity index is 2.55. The number of aliphatic hydroxyl groups excluding tert-OH is 1. The second kappa shape index (κ2) is 4.24. The summed E-state index contributed by atoms with van der Waals surface area (Å²) in [7, 11) is 0. The molecule has 2 atom stereocenters. The first-order valence-corrected chi connectivity index (χ1v) is 5.12. The van der Waals surface area contributed by atoms with Gasteiger partial charge in [-0.15, -0.1) is 0 Å². The SMILES string of the molecule is CCCC1(N)CCCCC1CO. The standard InChI is InChI=1S/C10H21NO/c1-2-6-10(11)7-4-3-5-9(10)8-12/h9,12H,2-8,11H2,1H3. The van der Waals surface area contributed by atoms with Crippen LogP contribution in [0.1, 0.15) is 45.4 Å². The lowest BCUT2D eigenvalue weighted by Gasteiger charge is -2.40. The van der Waals surface area contributed by atoms with E-state index in [4.69, 9.17) is 5.73 Å². The fourth-order valence-corrected chi connectivity index (χ4v) is 2.40. The number of rotatable bonds is 3. The van der Waals surface area contributed by atoms with Crippen LogP contribution in [0.5, 0.6) is 0 Å². The number of hydrogen-bond acceptors (Lipinski definition) is 2. The average molecular weight is 171 g/mol. The molecule has 2 unspecified atom stereocenters. The first-order valence-electron chi connectivity index (χ1n) is 5.12. The van der Waals surface area contributed by atoms with Gasteiger partial charge in [-0.05, 0) is 25.2 Å². The van der Waals surface area contributed by atoms with E-state index in [2.05, 4.69) is 6.92 Å². The summed E-state index contributed by atoms with van der Waals surface area (Å²) in [5, 5.41) is 9.17. The van der Waals surface area contributed by atoms with Crippen molar-refractivity contribution in [1.82, 2.24) is 0 Å². The Labute approximate surface area is 75.2 Å². The second-order valence-electron chi connectivity index (χ2n) is 4.11. The summed E-state index contributed by atoms with van der Waals surface area (Å²) in [6.07, 6.45) is 6.91. The van der Waals surface area contributed by atoms with E-state index in [1.807, 2.05) is 0 Å². The molecule has 0 aliphatic heterocycles. The van der Waals surface area contributed by atoms with Crippen LogP contribution in [-0.4, -0.2) is 17.3 Å². The number of aliphatic hydroxyl groups is 1. The molecule has 3 N–H and O–H groups in total. The van der Waals surface area contributed by atoms with Crippen molar-refractivity contribution in [3.8, 4) is 0 Å². The molecule has 0 aromatic rings. The van der Waals surface area contributed by atoms with Gasteiger partial charge in [-0.2, -0.15) is 0 Å². The minimum Gasteiger partial charge on any atom is -0.396 e. The van der Waals surface area contributed by atoms with Crippen LogP contribution >= 0.6 is 0 Å². The highest BCUT2D eigenvalue weighted by Gasteiger charge is 2.35. The maximum atomic E-state index is 9.17. The second-order valence-corrected chi connectivity index (χ2v) is 4.11. The lowest BCUT2D eigenvalue weighted by atomic mass is 9.71. The number of nitrogens with two attached hydrogens (primary N) is 1. The Hall–Kier alpha value is -0.0800. The normalized spacial score (nSPS) is 36.8. The van der Waals surface area contributed by atoms with Gasteiger partial charge in [-0.25, -0.2) is 0 Å². The van der Waals surface area contributed by atoms with Crippen molar-refractivity contribution in [2.24, 2.45) is 11.7 Å². The molecule has 2 nitrogen and oxygen atoms in total. The average Bonchev–Trinajstić information content (AvgIpc) is 2.05. The fraction of sp³-hybridized carbons (Fsp3) is 1.00. The zero-order valence-electron chi connectivity index (χ0n) is 8.05. The summed E-state index contributed by atoms with van der Waals surface area (Å²) in [6.45, 7) is 2.44. The van der Waals surface area contributed by atoms with Gasteiger partial charge in [0.15, 0.2) is 0 Å². The first kappa shape index (κ1) is 10.0. The Kier molecular flexibility index (Phi) is 3.53. The van der Waals surface area contributed by atoms with Crippen LogP contribution in [-0.2, 0) is 0 Å². The van der Waals surface area contributed by atoms with Crippen LogP contribution in [0.3, 0.4) is 0 Å². The smallest absolute Gasteiger partial charge is 0.0476 e. The lowest BCUT2D eigenvalue weighted by Crippen LogP contribution is -2.50. The number of hydrogen-bond donors (Lipinski definition) is 2. The highest BCUT2D eigenvalue weighted by molar-refractivity contribution is 4.93. The Morgan fingerprint density at radius 3 is 2.83 bits per heavy atom. The minimum absolute atomic E-state index is 0.0538. The van der Waals surface area contributed by atoms with Gasteiger partial charge in [-0.1, -0.05) is 26.2 Å². The Bertz CT molecular complexity index is 134. The van der Waals surface area contributed by atoms with E-state index in [9.17, 15) is 5.11 Å². The van der Waals surface area contributed by atoms with Crippen LogP contribution in [0.4, 0.5) is 0 Å². The molecule has 12 heavy (non-hydrogen) atoms. The van der Waals surface area contributed by atoms with Crippen LogP contribution < -0.4 is 5.73 Å². The predicted molar refractivity (Wildman–Crippen MR) is 50.9 cm³/mol. The van der Waals surface area contributed by atoms with Gasteiger partial charge >= 0.3 is 0 Å². The molecule has 0 amide bonds. The van der Waals surface area contributed by atoms with Crippen molar-refractivity contribution in [2.75, 3.05) is 6.61 Å². The predicted octanol–water partition coefficient (Wildman–Crippen LogP) is 1.67. The molecule has 2 heteroatoms. The molecule has 0 spiro atoms. The Morgan fingerprint density at radius 1 is 1.50 bits per heavy atom. The van der Waals surface area contributed by atoms with Crippen LogP contribution in [0.25, 0.3) is 0 Å². The summed E-state index contributed by atoms with van der Waals surface area (Å²) in [4.78, 5) is 0. The molecular formula is C10H21NO. The minimum atomic E-state index is -0.0538. The van der Waals surface area contributed by atoms with E-state index in [1.54, 1.807) is 0 Å².